The Kier molecular flexibility index (Phi) is 4.38. The highest BCUT2D eigenvalue weighted by Crippen LogP contribution is 2.33. The fourth-order valence-electron chi connectivity index (χ4n) is 2.60. The van der Waals surface area contributed by atoms with Gasteiger partial charge < -0.3 is 5.32 Å². The van der Waals surface area contributed by atoms with E-state index in [0.29, 0.717) is 0 Å². The topological polar surface area (TPSA) is 24.9 Å². The Morgan fingerprint density at radius 1 is 1.05 bits per heavy atom. The highest BCUT2D eigenvalue weighted by atomic mass is 79.9. The molecule has 0 aliphatic heterocycles. The third-order valence-electron chi connectivity index (χ3n) is 3.59. The number of fused-ring (bicyclic) bond motifs is 1. The average molecular weight is 406 g/mol. The van der Waals surface area contributed by atoms with Crippen LogP contribution in [0.2, 0.25) is 0 Å². The first kappa shape index (κ1) is 14.7. The van der Waals surface area contributed by atoms with Crippen LogP contribution in [0, 0.1) is 0 Å². The van der Waals surface area contributed by atoms with Crippen LogP contribution in [0.3, 0.4) is 0 Å². The van der Waals surface area contributed by atoms with Crippen LogP contribution in [0.25, 0.3) is 10.8 Å². The number of halogens is 2. The molecule has 3 aromatic rings. The van der Waals surface area contributed by atoms with Crippen LogP contribution in [-0.4, -0.2) is 12.0 Å². The Morgan fingerprint density at radius 3 is 2.67 bits per heavy atom. The lowest BCUT2D eigenvalue weighted by Crippen LogP contribution is -2.18. The van der Waals surface area contributed by atoms with Crippen molar-refractivity contribution in [2.75, 3.05) is 7.05 Å². The van der Waals surface area contributed by atoms with Gasteiger partial charge in [-0.1, -0.05) is 56.1 Å². The van der Waals surface area contributed by atoms with Crippen LogP contribution >= 0.6 is 31.9 Å². The highest BCUT2D eigenvalue weighted by Gasteiger charge is 2.17. The predicted molar refractivity (Wildman–Crippen MR) is 94.5 cm³/mol. The van der Waals surface area contributed by atoms with Crippen molar-refractivity contribution in [3.8, 4) is 0 Å². The first-order valence-corrected chi connectivity index (χ1v) is 8.24. The van der Waals surface area contributed by atoms with Gasteiger partial charge in [0.05, 0.1) is 6.04 Å². The Balaban J connectivity index is 2.18. The first-order valence-electron chi connectivity index (χ1n) is 6.65. The highest BCUT2D eigenvalue weighted by molar-refractivity contribution is 9.11. The molecule has 1 heterocycles. The van der Waals surface area contributed by atoms with Gasteiger partial charge in [0.1, 0.15) is 0 Å². The molecule has 21 heavy (non-hydrogen) atoms. The summed E-state index contributed by atoms with van der Waals surface area (Å²) < 4.78 is 2.14. The maximum atomic E-state index is 4.27. The molecule has 0 saturated carbocycles. The van der Waals surface area contributed by atoms with Crippen LogP contribution in [0.1, 0.15) is 17.2 Å². The van der Waals surface area contributed by atoms with Crippen LogP contribution in [0.5, 0.6) is 0 Å². The fourth-order valence-corrected chi connectivity index (χ4v) is 3.88. The molecule has 1 N–H and O–H groups in total. The Morgan fingerprint density at radius 2 is 1.90 bits per heavy atom. The van der Waals surface area contributed by atoms with Crippen LogP contribution in [-0.2, 0) is 0 Å². The van der Waals surface area contributed by atoms with Crippen LogP contribution < -0.4 is 5.32 Å². The number of nitrogens with zero attached hydrogens (tertiary/aromatic N) is 1. The van der Waals surface area contributed by atoms with Crippen molar-refractivity contribution in [2.45, 2.75) is 6.04 Å². The minimum Gasteiger partial charge on any atom is -0.309 e. The lowest BCUT2D eigenvalue weighted by Gasteiger charge is -2.20. The third kappa shape index (κ3) is 2.89. The zero-order valence-electron chi connectivity index (χ0n) is 11.5. The van der Waals surface area contributed by atoms with E-state index >= 15 is 0 Å². The van der Waals surface area contributed by atoms with E-state index in [-0.39, 0.29) is 6.04 Å². The minimum absolute atomic E-state index is 0.111. The van der Waals surface area contributed by atoms with Crippen molar-refractivity contribution in [3.05, 3.63) is 74.9 Å². The number of hydrogen-bond acceptors (Lipinski definition) is 2. The van der Waals surface area contributed by atoms with Gasteiger partial charge in [0.2, 0.25) is 0 Å². The number of rotatable bonds is 3. The summed E-state index contributed by atoms with van der Waals surface area (Å²) >= 11 is 7.17. The van der Waals surface area contributed by atoms with E-state index in [4.69, 9.17) is 0 Å². The summed E-state index contributed by atoms with van der Waals surface area (Å²) in [7, 11) is 1.98. The molecule has 1 atom stereocenters. The van der Waals surface area contributed by atoms with Crippen molar-refractivity contribution in [2.24, 2.45) is 0 Å². The van der Waals surface area contributed by atoms with Crippen molar-refractivity contribution < 1.29 is 0 Å². The largest absolute Gasteiger partial charge is 0.309 e. The summed E-state index contributed by atoms with van der Waals surface area (Å²) in [5.41, 5.74) is 2.43. The van der Waals surface area contributed by atoms with Gasteiger partial charge in [0.25, 0.3) is 0 Å². The van der Waals surface area contributed by atoms with Crippen LogP contribution in [0.4, 0.5) is 0 Å². The molecule has 0 radical (unpaired) electrons. The Labute approximate surface area is 140 Å². The second kappa shape index (κ2) is 6.26. The number of hydrogen-bond donors (Lipinski definition) is 1. The van der Waals surface area contributed by atoms with E-state index in [0.717, 1.165) is 8.95 Å². The molecule has 2 aromatic carbocycles. The second-order valence-corrected chi connectivity index (χ2v) is 6.60. The van der Waals surface area contributed by atoms with Gasteiger partial charge in [-0.2, -0.15) is 0 Å². The molecule has 0 bridgehead atoms. The molecular weight excluding hydrogens is 392 g/mol. The van der Waals surface area contributed by atoms with E-state index in [1.807, 2.05) is 25.5 Å². The van der Waals surface area contributed by atoms with Gasteiger partial charge in [-0.05, 0) is 41.8 Å². The van der Waals surface area contributed by atoms with E-state index in [1.165, 1.54) is 21.9 Å². The molecule has 1 aromatic heterocycles. The number of pyridine rings is 1. The van der Waals surface area contributed by atoms with E-state index in [1.54, 1.807) is 0 Å². The maximum Gasteiger partial charge on any atom is 0.0592 e. The molecule has 4 heteroatoms. The maximum absolute atomic E-state index is 4.27. The Hall–Kier alpha value is -1.23. The zero-order valence-corrected chi connectivity index (χ0v) is 14.6. The SMILES string of the molecule is CNC(c1ccc(Br)cc1Br)c1cccc2ccncc12. The van der Waals surface area contributed by atoms with Crippen molar-refractivity contribution in [3.63, 3.8) is 0 Å². The molecule has 0 aliphatic carbocycles. The Bertz CT molecular complexity index is 781. The molecule has 3 rings (SSSR count). The van der Waals surface area contributed by atoms with Crippen molar-refractivity contribution in [1.82, 2.24) is 10.3 Å². The monoisotopic (exact) mass is 404 g/mol. The van der Waals surface area contributed by atoms with Gasteiger partial charge in [0, 0.05) is 26.7 Å². The molecule has 0 fully saturated rings. The lowest BCUT2D eigenvalue weighted by molar-refractivity contribution is 0.693. The molecule has 0 saturated heterocycles. The first-order chi connectivity index (χ1) is 10.2. The van der Waals surface area contributed by atoms with Crippen LogP contribution in [0.15, 0.2) is 63.8 Å². The molecule has 0 aliphatic rings. The zero-order chi connectivity index (χ0) is 14.8. The fraction of sp³-hybridized carbons (Fsp3) is 0.118. The summed E-state index contributed by atoms with van der Waals surface area (Å²) in [4.78, 5) is 4.27. The number of aromatic nitrogens is 1. The predicted octanol–water partition coefficient (Wildman–Crippen LogP) is 5.07. The average Bonchev–Trinajstić information content (AvgIpc) is 2.50. The van der Waals surface area contributed by atoms with Gasteiger partial charge >= 0.3 is 0 Å². The van der Waals surface area contributed by atoms with Crippen molar-refractivity contribution >= 4 is 42.6 Å². The number of benzene rings is 2. The van der Waals surface area contributed by atoms with E-state index in [9.17, 15) is 0 Å². The summed E-state index contributed by atoms with van der Waals surface area (Å²) in [6.45, 7) is 0. The standard InChI is InChI=1S/C17H14Br2N2/c1-20-17(14-6-5-12(18)9-16(14)19)13-4-2-3-11-7-8-21-10-15(11)13/h2-10,17,20H,1H3. The molecular formula is C17H14Br2N2. The van der Waals surface area contributed by atoms with E-state index in [2.05, 4.69) is 78.6 Å². The quantitative estimate of drug-likeness (QED) is 0.657. The van der Waals surface area contributed by atoms with Gasteiger partial charge in [-0.15, -0.1) is 0 Å². The summed E-state index contributed by atoms with van der Waals surface area (Å²) in [6, 6.07) is 14.8. The van der Waals surface area contributed by atoms with Gasteiger partial charge in [-0.25, -0.2) is 0 Å². The second-order valence-electron chi connectivity index (χ2n) is 4.83. The summed E-state index contributed by atoms with van der Waals surface area (Å²) in [6.07, 6.45) is 3.76. The smallest absolute Gasteiger partial charge is 0.0592 e. The summed E-state index contributed by atoms with van der Waals surface area (Å²) in [5, 5.41) is 5.79. The van der Waals surface area contributed by atoms with E-state index < -0.39 is 0 Å². The van der Waals surface area contributed by atoms with Crippen molar-refractivity contribution in [1.29, 1.82) is 0 Å². The normalized spacial score (nSPS) is 12.5. The molecule has 2 nitrogen and oxygen atoms in total. The van der Waals surface area contributed by atoms with Gasteiger partial charge in [0.15, 0.2) is 0 Å². The molecule has 106 valence electrons. The van der Waals surface area contributed by atoms with Gasteiger partial charge in [-0.3, -0.25) is 4.98 Å². The molecule has 0 amide bonds. The molecule has 0 spiro atoms. The summed E-state index contributed by atoms with van der Waals surface area (Å²) in [5.74, 6) is 0. The minimum atomic E-state index is 0.111. The lowest BCUT2D eigenvalue weighted by atomic mass is 9.95. The number of nitrogens with one attached hydrogen (secondary N) is 1. The third-order valence-corrected chi connectivity index (χ3v) is 4.77. The molecule has 1 unspecified atom stereocenters.